The minimum atomic E-state index is -0.0464. The number of halogens is 1. The molecule has 0 saturated heterocycles. The summed E-state index contributed by atoms with van der Waals surface area (Å²) in [4.78, 5) is 0. The number of benzene rings is 1. The first-order valence-corrected chi connectivity index (χ1v) is 5.95. The zero-order chi connectivity index (χ0) is 11.5. The Morgan fingerprint density at radius 1 is 1.44 bits per heavy atom. The number of aromatic nitrogens is 2. The molecular formula is C12H14BrN3. The molecule has 16 heavy (non-hydrogen) atoms. The van der Waals surface area contributed by atoms with E-state index in [1.54, 1.807) is 0 Å². The predicted octanol–water partition coefficient (Wildman–Crippen LogP) is 2.65. The molecule has 1 heterocycles. The molecule has 2 N–H and O–H groups in total. The standard InChI is InChI=1S/C12H14BrN3/c1-9-6-15-16(7-9)8-12(14)10-4-2-3-5-11(10)13/h2-7,12H,8,14H2,1H3. The monoisotopic (exact) mass is 279 g/mol. The maximum absolute atomic E-state index is 6.15. The number of rotatable bonds is 3. The number of nitrogens with two attached hydrogens (primary N) is 1. The first kappa shape index (κ1) is 11.4. The van der Waals surface area contributed by atoms with Gasteiger partial charge in [-0.3, -0.25) is 4.68 Å². The lowest BCUT2D eigenvalue weighted by Gasteiger charge is -2.13. The van der Waals surface area contributed by atoms with Crippen LogP contribution in [-0.2, 0) is 6.54 Å². The molecule has 84 valence electrons. The molecule has 1 aromatic heterocycles. The summed E-state index contributed by atoms with van der Waals surface area (Å²) in [6, 6.07) is 7.97. The summed E-state index contributed by atoms with van der Waals surface area (Å²) < 4.78 is 2.92. The Morgan fingerprint density at radius 2 is 2.19 bits per heavy atom. The van der Waals surface area contributed by atoms with Crippen LogP contribution in [0.15, 0.2) is 41.1 Å². The zero-order valence-corrected chi connectivity index (χ0v) is 10.7. The van der Waals surface area contributed by atoms with E-state index in [1.807, 2.05) is 48.3 Å². The van der Waals surface area contributed by atoms with Crippen LogP contribution < -0.4 is 5.73 Å². The van der Waals surface area contributed by atoms with Crippen molar-refractivity contribution in [3.05, 3.63) is 52.3 Å². The topological polar surface area (TPSA) is 43.8 Å². The van der Waals surface area contributed by atoms with Crippen LogP contribution in [-0.4, -0.2) is 9.78 Å². The summed E-state index contributed by atoms with van der Waals surface area (Å²) in [6.45, 7) is 2.71. The van der Waals surface area contributed by atoms with E-state index in [1.165, 1.54) is 0 Å². The van der Waals surface area contributed by atoms with Gasteiger partial charge in [0.25, 0.3) is 0 Å². The first-order chi connectivity index (χ1) is 7.66. The van der Waals surface area contributed by atoms with E-state index in [9.17, 15) is 0 Å². The number of nitrogens with zero attached hydrogens (tertiary/aromatic N) is 2. The molecule has 1 unspecified atom stereocenters. The number of hydrogen-bond acceptors (Lipinski definition) is 2. The van der Waals surface area contributed by atoms with Gasteiger partial charge in [-0.15, -0.1) is 0 Å². The highest BCUT2D eigenvalue weighted by Gasteiger charge is 2.10. The minimum absolute atomic E-state index is 0.0464. The van der Waals surface area contributed by atoms with Crippen molar-refractivity contribution in [3.63, 3.8) is 0 Å². The van der Waals surface area contributed by atoms with Gasteiger partial charge in [-0.1, -0.05) is 34.1 Å². The molecular weight excluding hydrogens is 266 g/mol. The van der Waals surface area contributed by atoms with Crippen molar-refractivity contribution in [3.8, 4) is 0 Å². The van der Waals surface area contributed by atoms with Gasteiger partial charge in [0.2, 0.25) is 0 Å². The molecule has 0 amide bonds. The first-order valence-electron chi connectivity index (χ1n) is 5.16. The van der Waals surface area contributed by atoms with Crippen molar-refractivity contribution in [1.29, 1.82) is 0 Å². The fraction of sp³-hybridized carbons (Fsp3) is 0.250. The Morgan fingerprint density at radius 3 is 2.81 bits per heavy atom. The van der Waals surface area contributed by atoms with Crippen LogP contribution in [0.25, 0.3) is 0 Å². The smallest absolute Gasteiger partial charge is 0.0602 e. The van der Waals surface area contributed by atoms with E-state index in [4.69, 9.17) is 5.73 Å². The van der Waals surface area contributed by atoms with Crippen LogP contribution in [0.3, 0.4) is 0 Å². The second kappa shape index (κ2) is 4.80. The van der Waals surface area contributed by atoms with Crippen molar-refractivity contribution in [2.45, 2.75) is 19.5 Å². The lowest BCUT2D eigenvalue weighted by molar-refractivity contribution is 0.526. The summed E-state index contributed by atoms with van der Waals surface area (Å²) in [5.41, 5.74) is 8.41. The Labute approximate surface area is 103 Å². The predicted molar refractivity (Wildman–Crippen MR) is 68.0 cm³/mol. The molecule has 2 aromatic rings. The summed E-state index contributed by atoms with van der Waals surface area (Å²) in [5, 5.41) is 4.23. The van der Waals surface area contributed by atoms with Gasteiger partial charge in [-0.2, -0.15) is 5.10 Å². The van der Waals surface area contributed by atoms with E-state index in [2.05, 4.69) is 21.0 Å². The van der Waals surface area contributed by atoms with Crippen molar-refractivity contribution >= 4 is 15.9 Å². The van der Waals surface area contributed by atoms with Gasteiger partial charge in [0.15, 0.2) is 0 Å². The SMILES string of the molecule is Cc1cnn(CC(N)c2ccccc2Br)c1. The maximum atomic E-state index is 6.15. The van der Waals surface area contributed by atoms with Gasteiger partial charge in [-0.25, -0.2) is 0 Å². The molecule has 0 aliphatic rings. The highest BCUT2D eigenvalue weighted by atomic mass is 79.9. The minimum Gasteiger partial charge on any atom is -0.322 e. The molecule has 0 spiro atoms. The second-order valence-electron chi connectivity index (χ2n) is 3.87. The molecule has 2 rings (SSSR count). The fourth-order valence-electron chi connectivity index (χ4n) is 1.64. The molecule has 0 saturated carbocycles. The van der Waals surface area contributed by atoms with Gasteiger partial charge in [0.1, 0.15) is 0 Å². The Kier molecular flexibility index (Phi) is 3.41. The van der Waals surface area contributed by atoms with Crippen LogP contribution >= 0.6 is 15.9 Å². The fourth-order valence-corrected chi connectivity index (χ4v) is 2.22. The van der Waals surface area contributed by atoms with E-state index >= 15 is 0 Å². The summed E-state index contributed by atoms with van der Waals surface area (Å²) in [6.07, 6.45) is 3.84. The van der Waals surface area contributed by atoms with Gasteiger partial charge >= 0.3 is 0 Å². The Balaban J connectivity index is 2.14. The average Bonchev–Trinajstić information content (AvgIpc) is 2.64. The summed E-state index contributed by atoms with van der Waals surface area (Å²) in [5.74, 6) is 0. The van der Waals surface area contributed by atoms with Crippen molar-refractivity contribution in [2.75, 3.05) is 0 Å². The second-order valence-corrected chi connectivity index (χ2v) is 4.72. The number of hydrogen-bond donors (Lipinski definition) is 1. The Hall–Kier alpha value is -1.13. The van der Waals surface area contributed by atoms with Crippen LogP contribution in [0.5, 0.6) is 0 Å². The largest absolute Gasteiger partial charge is 0.322 e. The third kappa shape index (κ3) is 2.51. The highest BCUT2D eigenvalue weighted by Crippen LogP contribution is 2.22. The van der Waals surface area contributed by atoms with Crippen molar-refractivity contribution in [1.82, 2.24) is 9.78 Å². The molecule has 1 aromatic carbocycles. The summed E-state index contributed by atoms with van der Waals surface area (Å²) >= 11 is 3.51. The third-order valence-electron chi connectivity index (χ3n) is 2.45. The van der Waals surface area contributed by atoms with Gasteiger partial charge in [0.05, 0.1) is 18.8 Å². The van der Waals surface area contributed by atoms with Gasteiger partial charge in [0, 0.05) is 10.7 Å². The van der Waals surface area contributed by atoms with Gasteiger partial charge in [-0.05, 0) is 24.1 Å². The summed E-state index contributed by atoms with van der Waals surface area (Å²) in [7, 11) is 0. The van der Waals surface area contributed by atoms with Crippen LogP contribution in [0, 0.1) is 6.92 Å². The molecule has 0 aliphatic heterocycles. The van der Waals surface area contributed by atoms with E-state index in [0.717, 1.165) is 15.6 Å². The third-order valence-corrected chi connectivity index (χ3v) is 3.17. The van der Waals surface area contributed by atoms with Crippen molar-refractivity contribution < 1.29 is 0 Å². The normalized spacial score (nSPS) is 12.7. The zero-order valence-electron chi connectivity index (χ0n) is 9.10. The average molecular weight is 280 g/mol. The van der Waals surface area contributed by atoms with Crippen LogP contribution in [0.1, 0.15) is 17.2 Å². The van der Waals surface area contributed by atoms with Gasteiger partial charge < -0.3 is 5.73 Å². The Bertz CT molecular complexity index is 479. The van der Waals surface area contributed by atoms with Crippen molar-refractivity contribution in [2.24, 2.45) is 5.73 Å². The molecule has 1 atom stereocenters. The lowest BCUT2D eigenvalue weighted by Crippen LogP contribution is -2.18. The number of aryl methyl sites for hydroxylation is 1. The molecule has 0 aliphatic carbocycles. The van der Waals surface area contributed by atoms with Crippen LogP contribution in [0.2, 0.25) is 0 Å². The quantitative estimate of drug-likeness (QED) is 0.939. The van der Waals surface area contributed by atoms with Crippen LogP contribution in [0.4, 0.5) is 0 Å². The molecule has 3 nitrogen and oxygen atoms in total. The lowest BCUT2D eigenvalue weighted by atomic mass is 10.1. The molecule has 0 bridgehead atoms. The highest BCUT2D eigenvalue weighted by molar-refractivity contribution is 9.10. The van der Waals surface area contributed by atoms with E-state index in [-0.39, 0.29) is 6.04 Å². The van der Waals surface area contributed by atoms with E-state index in [0.29, 0.717) is 6.54 Å². The molecule has 4 heteroatoms. The molecule has 0 fully saturated rings. The van der Waals surface area contributed by atoms with E-state index < -0.39 is 0 Å². The molecule has 0 radical (unpaired) electrons. The maximum Gasteiger partial charge on any atom is 0.0602 e.